The predicted molar refractivity (Wildman–Crippen MR) is 118 cm³/mol. The van der Waals surface area contributed by atoms with E-state index in [9.17, 15) is 4.79 Å². The Labute approximate surface area is 180 Å². The molecule has 1 aromatic heterocycles. The van der Waals surface area contributed by atoms with Crippen molar-refractivity contribution in [3.05, 3.63) is 40.7 Å². The quantitative estimate of drug-likeness (QED) is 0.221. The van der Waals surface area contributed by atoms with Crippen molar-refractivity contribution in [3.8, 4) is 5.75 Å². The summed E-state index contributed by atoms with van der Waals surface area (Å²) in [5.41, 5.74) is 23.6. The largest absolute Gasteiger partial charge is 0.492 e. The van der Waals surface area contributed by atoms with Crippen LogP contribution in [-0.2, 0) is 6.42 Å². The molecule has 0 aliphatic carbocycles. The molecular formula is C19H27ClN8O2. The summed E-state index contributed by atoms with van der Waals surface area (Å²) in [5, 5.41) is 2.29. The molecule has 0 radical (unpaired) electrons. The fourth-order valence-corrected chi connectivity index (χ4v) is 2.57. The Bertz CT molecular complexity index is 887. The normalized spacial score (nSPS) is 12.4. The topological polar surface area (TPSA) is 181 Å². The first-order valence-electron chi connectivity index (χ1n) is 9.43. The van der Waals surface area contributed by atoms with Crippen molar-refractivity contribution >= 4 is 35.1 Å². The van der Waals surface area contributed by atoms with Crippen molar-refractivity contribution in [1.82, 2.24) is 15.3 Å². The van der Waals surface area contributed by atoms with E-state index in [0.29, 0.717) is 13.2 Å². The van der Waals surface area contributed by atoms with Crippen LogP contribution in [0.2, 0.25) is 5.15 Å². The molecule has 0 bridgehead atoms. The number of amides is 1. The molecule has 0 aliphatic rings. The highest BCUT2D eigenvalue weighted by Gasteiger charge is 2.16. The number of nitrogens with one attached hydrogen (secondary N) is 1. The number of ether oxygens (including phenoxy) is 1. The van der Waals surface area contributed by atoms with Crippen molar-refractivity contribution in [2.75, 3.05) is 24.6 Å². The van der Waals surface area contributed by atoms with Crippen molar-refractivity contribution in [2.45, 2.75) is 32.2 Å². The van der Waals surface area contributed by atoms with Crippen LogP contribution in [0.1, 0.15) is 35.8 Å². The third-order valence-corrected chi connectivity index (χ3v) is 4.23. The highest BCUT2D eigenvalue weighted by molar-refractivity contribution is 6.31. The molecule has 11 heteroatoms. The summed E-state index contributed by atoms with van der Waals surface area (Å²) in [6.45, 7) is 2.84. The van der Waals surface area contributed by atoms with Crippen molar-refractivity contribution in [3.63, 3.8) is 0 Å². The lowest BCUT2D eigenvalue weighted by molar-refractivity contribution is 0.0972. The van der Waals surface area contributed by atoms with Crippen LogP contribution >= 0.6 is 11.6 Å². The Morgan fingerprint density at radius 1 is 1.20 bits per heavy atom. The van der Waals surface area contributed by atoms with Crippen molar-refractivity contribution < 1.29 is 9.53 Å². The summed E-state index contributed by atoms with van der Waals surface area (Å²) in [5.74, 6) is -0.0908. The third-order valence-electron chi connectivity index (χ3n) is 3.95. The molecular weight excluding hydrogens is 408 g/mol. The van der Waals surface area contributed by atoms with Gasteiger partial charge < -0.3 is 27.7 Å². The average Bonchev–Trinajstić information content (AvgIpc) is 2.69. The number of halogens is 1. The number of rotatable bonds is 9. The monoisotopic (exact) mass is 434 g/mol. The molecule has 0 unspecified atom stereocenters. The van der Waals surface area contributed by atoms with Gasteiger partial charge in [-0.25, -0.2) is 9.97 Å². The van der Waals surface area contributed by atoms with Crippen LogP contribution < -0.4 is 33.0 Å². The number of guanidine groups is 1. The Balaban J connectivity index is 1.74. The molecule has 0 saturated heterocycles. The molecule has 0 aliphatic heterocycles. The van der Waals surface area contributed by atoms with E-state index in [1.807, 2.05) is 31.2 Å². The maximum absolute atomic E-state index is 12.2. The molecule has 162 valence electrons. The van der Waals surface area contributed by atoms with E-state index < -0.39 is 5.91 Å². The SMILES string of the molecule is C[C@H](N)COc1ccc(CCCCN=C(N)NC(=O)c2nc(Cl)c(N)nc2N)cc1. The average molecular weight is 435 g/mol. The zero-order valence-electron chi connectivity index (χ0n) is 16.8. The van der Waals surface area contributed by atoms with E-state index in [2.05, 4.69) is 20.3 Å². The third kappa shape index (κ3) is 7.37. The number of hydrogen-bond acceptors (Lipinski definition) is 8. The minimum absolute atomic E-state index is 0.00275. The minimum atomic E-state index is -0.658. The summed E-state index contributed by atoms with van der Waals surface area (Å²) in [4.78, 5) is 23.8. The van der Waals surface area contributed by atoms with E-state index in [4.69, 9.17) is 39.3 Å². The number of unbranched alkanes of at least 4 members (excludes halogenated alkanes) is 1. The van der Waals surface area contributed by atoms with Gasteiger partial charge in [0.05, 0.1) is 0 Å². The summed E-state index contributed by atoms with van der Waals surface area (Å²) in [6, 6.07) is 7.91. The number of benzene rings is 1. The first-order chi connectivity index (χ1) is 14.3. The van der Waals surface area contributed by atoms with Gasteiger partial charge in [0.2, 0.25) is 0 Å². The maximum Gasteiger partial charge on any atom is 0.280 e. The van der Waals surface area contributed by atoms with E-state index in [0.717, 1.165) is 25.0 Å². The molecule has 1 atom stereocenters. The van der Waals surface area contributed by atoms with Gasteiger partial charge in [-0.1, -0.05) is 23.7 Å². The molecule has 1 heterocycles. The van der Waals surface area contributed by atoms with E-state index in [1.54, 1.807) is 0 Å². The lowest BCUT2D eigenvalue weighted by Gasteiger charge is -2.09. The molecule has 0 saturated carbocycles. The number of aromatic nitrogens is 2. The fraction of sp³-hybridized carbons (Fsp3) is 0.368. The number of aliphatic imine (C=N–C) groups is 1. The van der Waals surface area contributed by atoms with Gasteiger partial charge in [-0.05, 0) is 43.9 Å². The number of carbonyl (C=O) groups excluding carboxylic acids is 1. The number of hydrogen-bond donors (Lipinski definition) is 5. The van der Waals surface area contributed by atoms with Gasteiger partial charge in [0.1, 0.15) is 12.4 Å². The van der Waals surface area contributed by atoms with Crippen LogP contribution in [0.3, 0.4) is 0 Å². The lowest BCUT2D eigenvalue weighted by Crippen LogP contribution is -2.38. The van der Waals surface area contributed by atoms with E-state index >= 15 is 0 Å². The summed E-state index contributed by atoms with van der Waals surface area (Å²) < 4.78 is 5.55. The molecule has 1 amide bonds. The molecule has 0 fully saturated rings. The minimum Gasteiger partial charge on any atom is -0.492 e. The Hall–Kier alpha value is -3.11. The van der Waals surface area contributed by atoms with Crippen LogP contribution in [0.5, 0.6) is 5.75 Å². The first kappa shape index (κ1) is 23.2. The number of anilines is 2. The van der Waals surface area contributed by atoms with Gasteiger partial charge >= 0.3 is 0 Å². The van der Waals surface area contributed by atoms with Gasteiger partial charge in [0.15, 0.2) is 28.4 Å². The Morgan fingerprint density at radius 2 is 1.90 bits per heavy atom. The molecule has 2 aromatic rings. The summed E-state index contributed by atoms with van der Waals surface area (Å²) in [6.07, 6.45) is 2.61. The van der Waals surface area contributed by atoms with Crippen molar-refractivity contribution in [1.29, 1.82) is 0 Å². The highest BCUT2D eigenvalue weighted by Crippen LogP contribution is 2.17. The second kappa shape index (κ2) is 11.2. The van der Waals surface area contributed by atoms with Gasteiger partial charge in [-0.15, -0.1) is 0 Å². The Morgan fingerprint density at radius 3 is 2.57 bits per heavy atom. The number of aryl methyl sites for hydroxylation is 1. The predicted octanol–water partition coefficient (Wildman–Crippen LogP) is 1.09. The molecule has 0 spiro atoms. The first-order valence-corrected chi connectivity index (χ1v) is 9.81. The molecule has 2 rings (SSSR count). The molecule has 30 heavy (non-hydrogen) atoms. The smallest absolute Gasteiger partial charge is 0.280 e. The lowest BCUT2D eigenvalue weighted by atomic mass is 10.1. The highest BCUT2D eigenvalue weighted by atomic mass is 35.5. The standard InChI is InChI=1S/C19H27ClN8O2/c1-11(21)10-30-13-7-5-12(6-8-13)4-2-3-9-25-19(24)28-18(29)14-16(22)27-17(23)15(20)26-14/h5-8,11H,2-4,9-10,21H2,1H3,(H4,22,23,27)(H3,24,25,28,29)/t11-/m0/s1. The van der Waals surface area contributed by atoms with E-state index in [1.165, 1.54) is 5.56 Å². The molecule has 9 N–H and O–H groups in total. The Kier molecular flexibility index (Phi) is 8.63. The van der Waals surface area contributed by atoms with Crippen LogP contribution in [0.25, 0.3) is 0 Å². The fourth-order valence-electron chi connectivity index (χ4n) is 2.44. The van der Waals surface area contributed by atoms with Crippen molar-refractivity contribution in [2.24, 2.45) is 16.5 Å². The van der Waals surface area contributed by atoms with Crippen LogP contribution in [0, 0.1) is 0 Å². The van der Waals surface area contributed by atoms with E-state index in [-0.39, 0.29) is 34.5 Å². The zero-order valence-corrected chi connectivity index (χ0v) is 17.5. The summed E-state index contributed by atoms with van der Waals surface area (Å²) >= 11 is 5.76. The zero-order chi connectivity index (χ0) is 22.1. The van der Waals surface area contributed by atoms with Crippen LogP contribution in [0.15, 0.2) is 29.3 Å². The van der Waals surface area contributed by atoms with Crippen LogP contribution in [-0.4, -0.2) is 41.0 Å². The second-order valence-corrected chi connectivity index (χ2v) is 7.10. The number of nitrogens with two attached hydrogens (primary N) is 4. The number of nitrogens with zero attached hydrogens (tertiary/aromatic N) is 3. The number of carbonyl (C=O) groups is 1. The van der Waals surface area contributed by atoms with Gasteiger partial charge in [-0.2, -0.15) is 0 Å². The van der Waals surface area contributed by atoms with Gasteiger partial charge in [-0.3, -0.25) is 15.1 Å². The van der Waals surface area contributed by atoms with Crippen LogP contribution in [0.4, 0.5) is 11.6 Å². The maximum atomic E-state index is 12.2. The number of nitrogen functional groups attached to an aromatic ring is 2. The summed E-state index contributed by atoms with van der Waals surface area (Å²) in [7, 11) is 0. The second-order valence-electron chi connectivity index (χ2n) is 6.74. The molecule has 10 nitrogen and oxygen atoms in total. The van der Waals surface area contributed by atoms with Gasteiger partial charge in [0, 0.05) is 12.6 Å². The van der Waals surface area contributed by atoms with Gasteiger partial charge in [0.25, 0.3) is 5.91 Å². The molecule has 1 aromatic carbocycles.